The zero-order valence-corrected chi connectivity index (χ0v) is 20.9. The summed E-state index contributed by atoms with van der Waals surface area (Å²) in [6, 6.07) is 5.65. The first-order valence-electron chi connectivity index (χ1n) is 12.1. The first-order chi connectivity index (χ1) is 19.0. The standard InChI is InChI=1S/C26H21F5N6O3/c1-13(38)34-21-11-37-22(35-21)7-6-20(36-37)15-8-16(24(32-9-15)26(29,30)31)25(39)33-10-17-18(27)4-5-19(28)23(17)40-12-14-2-3-14/h4-9,11,14H,2-3,10,12H2,1H3,(H,33,39)(H,34,38). The Bertz CT molecular complexity index is 1620. The van der Waals surface area contributed by atoms with Crippen LogP contribution in [-0.2, 0) is 17.5 Å². The van der Waals surface area contributed by atoms with Gasteiger partial charge in [0.2, 0.25) is 5.91 Å². The summed E-state index contributed by atoms with van der Waals surface area (Å²) in [6.45, 7) is 0.829. The predicted molar refractivity (Wildman–Crippen MR) is 131 cm³/mol. The highest BCUT2D eigenvalue weighted by Gasteiger charge is 2.37. The highest BCUT2D eigenvalue weighted by atomic mass is 19.4. The Labute approximate surface area is 223 Å². The molecule has 2 amide bonds. The van der Waals surface area contributed by atoms with Crippen LogP contribution in [-0.4, -0.2) is 38.0 Å². The van der Waals surface area contributed by atoms with Gasteiger partial charge < -0.3 is 15.4 Å². The molecule has 0 unspecified atom stereocenters. The van der Waals surface area contributed by atoms with Gasteiger partial charge in [0.25, 0.3) is 5.91 Å². The molecular formula is C26H21F5N6O3. The van der Waals surface area contributed by atoms with Gasteiger partial charge in [-0.2, -0.15) is 18.3 Å². The minimum atomic E-state index is -4.98. The molecule has 0 atom stereocenters. The number of alkyl halides is 3. The minimum Gasteiger partial charge on any atom is -0.490 e. The molecule has 14 heteroatoms. The van der Waals surface area contributed by atoms with E-state index in [1.165, 1.54) is 29.8 Å². The number of hydrogen-bond donors (Lipinski definition) is 2. The fourth-order valence-corrected chi connectivity index (χ4v) is 3.93. The van der Waals surface area contributed by atoms with Gasteiger partial charge >= 0.3 is 6.18 Å². The van der Waals surface area contributed by atoms with Crippen molar-refractivity contribution in [2.24, 2.45) is 5.92 Å². The number of aromatic nitrogens is 4. The molecule has 0 aliphatic heterocycles. The maximum absolute atomic E-state index is 14.5. The SMILES string of the molecule is CC(=O)Nc1cn2nc(-c3cnc(C(F)(F)F)c(C(=O)NCc4c(F)ccc(F)c4OCC4CC4)c3)ccc2n1. The van der Waals surface area contributed by atoms with E-state index < -0.39 is 47.3 Å². The van der Waals surface area contributed by atoms with Crippen molar-refractivity contribution in [2.75, 3.05) is 11.9 Å². The van der Waals surface area contributed by atoms with Gasteiger partial charge in [0.05, 0.1) is 29.6 Å². The fraction of sp³-hybridized carbons (Fsp3) is 0.269. The van der Waals surface area contributed by atoms with Crippen LogP contribution in [0.15, 0.2) is 42.7 Å². The molecule has 9 nitrogen and oxygen atoms in total. The van der Waals surface area contributed by atoms with E-state index in [1.807, 2.05) is 0 Å². The van der Waals surface area contributed by atoms with E-state index in [4.69, 9.17) is 4.74 Å². The molecule has 0 radical (unpaired) electrons. The van der Waals surface area contributed by atoms with E-state index in [2.05, 4.69) is 25.7 Å². The van der Waals surface area contributed by atoms with Gasteiger partial charge in [-0.05, 0) is 49.1 Å². The summed E-state index contributed by atoms with van der Waals surface area (Å²) in [5, 5.41) is 9.00. The molecule has 1 aliphatic carbocycles. The van der Waals surface area contributed by atoms with Crippen LogP contribution in [0.3, 0.4) is 0 Å². The number of fused-ring (bicyclic) bond motifs is 1. The van der Waals surface area contributed by atoms with Crippen molar-refractivity contribution in [1.82, 2.24) is 24.9 Å². The number of imidazole rings is 1. The van der Waals surface area contributed by atoms with Crippen molar-refractivity contribution in [3.8, 4) is 17.0 Å². The number of amides is 2. The lowest BCUT2D eigenvalue weighted by atomic mass is 10.1. The van der Waals surface area contributed by atoms with E-state index in [1.54, 1.807) is 0 Å². The van der Waals surface area contributed by atoms with Crippen LogP contribution in [0.5, 0.6) is 5.75 Å². The lowest BCUT2D eigenvalue weighted by molar-refractivity contribution is -0.141. The number of halogens is 5. The Kier molecular flexibility index (Phi) is 7.08. The van der Waals surface area contributed by atoms with Crippen molar-refractivity contribution < 1.29 is 36.3 Å². The van der Waals surface area contributed by atoms with Gasteiger partial charge in [-0.15, -0.1) is 0 Å². The van der Waals surface area contributed by atoms with E-state index in [0.717, 1.165) is 37.2 Å². The molecule has 1 aliphatic rings. The highest BCUT2D eigenvalue weighted by Crippen LogP contribution is 2.34. The van der Waals surface area contributed by atoms with Crippen molar-refractivity contribution >= 4 is 23.3 Å². The summed E-state index contributed by atoms with van der Waals surface area (Å²) < 4.78 is 76.9. The number of hydrogen-bond acceptors (Lipinski definition) is 6. The van der Waals surface area contributed by atoms with Crippen LogP contribution in [0.2, 0.25) is 0 Å². The normalized spacial score (nSPS) is 13.3. The zero-order valence-electron chi connectivity index (χ0n) is 20.9. The molecular weight excluding hydrogens is 539 g/mol. The number of pyridine rings is 1. The summed E-state index contributed by atoms with van der Waals surface area (Å²) in [4.78, 5) is 31.9. The third-order valence-electron chi connectivity index (χ3n) is 6.06. The van der Waals surface area contributed by atoms with Crippen molar-refractivity contribution in [2.45, 2.75) is 32.5 Å². The third kappa shape index (κ3) is 5.84. The van der Waals surface area contributed by atoms with Gasteiger partial charge in [0, 0.05) is 25.2 Å². The zero-order chi connectivity index (χ0) is 28.6. The smallest absolute Gasteiger partial charge is 0.434 e. The number of nitrogens with zero attached hydrogens (tertiary/aromatic N) is 4. The van der Waals surface area contributed by atoms with Gasteiger partial charge in [-0.1, -0.05) is 0 Å². The molecule has 1 saturated carbocycles. The molecule has 4 aromatic rings. The molecule has 1 fully saturated rings. The summed E-state index contributed by atoms with van der Waals surface area (Å²) in [6.07, 6.45) is -0.878. The van der Waals surface area contributed by atoms with Crippen LogP contribution >= 0.6 is 0 Å². The van der Waals surface area contributed by atoms with Gasteiger partial charge in [-0.3, -0.25) is 14.6 Å². The van der Waals surface area contributed by atoms with Crippen molar-refractivity contribution in [3.63, 3.8) is 0 Å². The molecule has 0 spiro atoms. The molecule has 0 bridgehead atoms. The summed E-state index contributed by atoms with van der Waals surface area (Å²) in [5.74, 6) is -3.26. The van der Waals surface area contributed by atoms with E-state index >= 15 is 0 Å². The molecule has 5 rings (SSSR count). The number of nitrogens with one attached hydrogen (secondary N) is 2. The monoisotopic (exact) mass is 560 g/mol. The van der Waals surface area contributed by atoms with Crippen LogP contribution in [0.25, 0.3) is 16.9 Å². The minimum absolute atomic E-state index is 0.0696. The molecule has 40 heavy (non-hydrogen) atoms. The Morgan fingerprint density at radius 1 is 1.12 bits per heavy atom. The Balaban J connectivity index is 1.44. The number of anilines is 1. The maximum atomic E-state index is 14.5. The Hall–Kier alpha value is -4.62. The fourth-order valence-electron chi connectivity index (χ4n) is 3.93. The quantitative estimate of drug-likeness (QED) is 0.301. The largest absolute Gasteiger partial charge is 0.490 e. The lowest BCUT2D eigenvalue weighted by Crippen LogP contribution is -2.27. The van der Waals surface area contributed by atoms with Gasteiger partial charge in [0.1, 0.15) is 5.82 Å². The molecule has 2 N–H and O–H groups in total. The van der Waals surface area contributed by atoms with E-state index in [9.17, 15) is 31.5 Å². The molecule has 208 valence electrons. The van der Waals surface area contributed by atoms with E-state index in [-0.39, 0.29) is 41.1 Å². The second kappa shape index (κ2) is 10.5. The number of carbonyl (C=O) groups excluding carboxylic acids is 2. The number of ether oxygens (including phenoxy) is 1. The Morgan fingerprint density at radius 3 is 2.58 bits per heavy atom. The van der Waals surface area contributed by atoms with E-state index in [0.29, 0.717) is 5.65 Å². The highest BCUT2D eigenvalue weighted by molar-refractivity contribution is 5.96. The number of rotatable bonds is 8. The first kappa shape index (κ1) is 27.0. The second-order valence-electron chi connectivity index (χ2n) is 9.22. The van der Waals surface area contributed by atoms with Crippen molar-refractivity contribution in [3.05, 3.63) is 71.2 Å². The van der Waals surface area contributed by atoms with Gasteiger partial charge in [-0.25, -0.2) is 18.3 Å². The second-order valence-corrected chi connectivity index (χ2v) is 9.22. The van der Waals surface area contributed by atoms with Gasteiger partial charge in [0.15, 0.2) is 28.7 Å². The summed E-state index contributed by atoms with van der Waals surface area (Å²) in [7, 11) is 0. The molecule has 3 heterocycles. The van der Waals surface area contributed by atoms with Crippen LogP contribution in [0.1, 0.15) is 41.4 Å². The average molecular weight is 560 g/mol. The van der Waals surface area contributed by atoms with Crippen LogP contribution in [0.4, 0.5) is 27.8 Å². The molecule has 1 aromatic carbocycles. The average Bonchev–Trinajstić information content (AvgIpc) is 3.64. The summed E-state index contributed by atoms with van der Waals surface area (Å²) in [5.41, 5.74) is -2.05. The first-order valence-corrected chi connectivity index (χ1v) is 12.1. The lowest BCUT2D eigenvalue weighted by Gasteiger charge is -2.16. The number of carbonyl (C=O) groups is 2. The van der Waals surface area contributed by atoms with Crippen molar-refractivity contribution in [1.29, 1.82) is 0 Å². The molecule has 0 saturated heterocycles. The van der Waals surface area contributed by atoms with Crippen LogP contribution < -0.4 is 15.4 Å². The van der Waals surface area contributed by atoms with Crippen LogP contribution in [0, 0.1) is 17.6 Å². The third-order valence-corrected chi connectivity index (χ3v) is 6.06. The number of benzene rings is 1. The maximum Gasteiger partial charge on any atom is 0.434 e. The molecule has 3 aromatic heterocycles. The topological polar surface area (TPSA) is 111 Å². The predicted octanol–water partition coefficient (Wildman–Crippen LogP) is 4.77. The Morgan fingerprint density at radius 2 is 1.88 bits per heavy atom. The summed E-state index contributed by atoms with van der Waals surface area (Å²) >= 11 is 0.